The molecule has 1 atom stereocenters. The fourth-order valence-corrected chi connectivity index (χ4v) is 4.15. The molecule has 0 heterocycles. The lowest BCUT2D eigenvalue weighted by molar-refractivity contribution is -0.142. The van der Waals surface area contributed by atoms with Crippen LogP contribution < -0.4 is 10.1 Å². The Bertz CT molecular complexity index is 1040. The second-order valence-corrected chi connectivity index (χ2v) is 8.01. The van der Waals surface area contributed by atoms with Gasteiger partial charge in [-0.1, -0.05) is 67.6 Å². The molecule has 162 valence electrons. The number of nitrogens with one attached hydrogen (secondary N) is 1. The lowest BCUT2D eigenvalue weighted by Gasteiger charge is -2.30. The Morgan fingerprint density at radius 3 is 2.42 bits per heavy atom. The highest BCUT2D eigenvalue weighted by molar-refractivity contribution is 9.10. The number of carbonyl (C=O) groups is 2. The van der Waals surface area contributed by atoms with Crippen LogP contribution >= 0.6 is 15.9 Å². The summed E-state index contributed by atoms with van der Waals surface area (Å²) >= 11 is 3.60. The molecule has 0 aliphatic carbocycles. The number of hydrogen-bond donors (Lipinski definition) is 1. The van der Waals surface area contributed by atoms with Crippen LogP contribution in [0.1, 0.15) is 25.8 Å². The van der Waals surface area contributed by atoms with Crippen molar-refractivity contribution in [2.24, 2.45) is 0 Å². The average Bonchev–Trinajstić information content (AvgIpc) is 2.79. The van der Waals surface area contributed by atoms with Gasteiger partial charge in [0, 0.05) is 13.1 Å². The highest BCUT2D eigenvalue weighted by atomic mass is 79.9. The molecular formula is C25H27BrN2O3. The van der Waals surface area contributed by atoms with E-state index < -0.39 is 6.04 Å². The minimum absolute atomic E-state index is 0.152. The van der Waals surface area contributed by atoms with Crippen LogP contribution in [0.15, 0.2) is 71.2 Å². The molecule has 6 heteroatoms. The van der Waals surface area contributed by atoms with E-state index in [2.05, 4.69) is 21.2 Å². The van der Waals surface area contributed by atoms with Crippen molar-refractivity contribution in [2.75, 3.05) is 13.2 Å². The largest absolute Gasteiger partial charge is 0.483 e. The second-order valence-electron chi connectivity index (χ2n) is 7.21. The molecular weight excluding hydrogens is 456 g/mol. The number of carbonyl (C=O) groups excluding carboxylic acids is 2. The molecule has 1 N–H and O–H groups in total. The third-order valence-corrected chi connectivity index (χ3v) is 5.93. The molecule has 0 aromatic heterocycles. The Labute approximate surface area is 191 Å². The lowest BCUT2D eigenvalue weighted by Crippen LogP contribution is -2.50. The van der Waals surface area contributed by atoms with E-state index in [4.69, 9.17) is 4.74 Å². The summed E-state index contributed by atoms with van der Waals surface area (Å²) in [6.45, 7) is 4.49. The molecule has 3 aromatic rings. The van der Waals surface area contributed by atoms with Crippen molar-refractivity contribution in [3.8, 4) is 5.75 Å². The molecule has 0 aliphatic heterocycles. The van der Waals surface area contributed by atoms with Gasteiger partial charge >= 0.3 is 0 Å². The number of halogens is 1. The first-order valence-corrected chi connectivity index (χ1v) is 11.3. The number of benzene rings is 3. The van der Waals surface area contributed by atoms with E-state index in [9.17, 15) is 9.59 Å². The third kappa shape index (κ3) is 5.64. The molecule has 3 aromatic carbocycles. The van der Waals surface area contributed by atoms with Crippen LogP contribution in [0.2, 0.25) is 0 Å². The molecule has 0 aliphatic rings. The van der Waals surface area contributed by atoms with Crippen LogP contribution in [-0.2, 0) is 16.1 Å². The molecule has 31 heavy (non-hydrogen) atoms. The highest BCUT2D eigenvalue weighted by Crippen LogP contribution is 2.33. The maximum Gasteiger partial charge on any atom is 0.261 e. The van der Waals surface area contributed by atoms with Crippen LogP contribution in [0.25, 0.3) is 10.8 Å². The Kier molecular flexibility index (Phi) is 8.06. The van der Waals surface area contributed by atoms with E-state index in [1.54, 1.807) is 4.90 Å². The molecule has 0 saturated heterocycles. The van der Waals surface area contributed by atoms with E-state index in [-0.39, 0.29) is 18.4 Å². The zero-order chi connectivity index (χ0) is 22.2. The van der Waals surface area contributed by atoms with Crippen molar-refractivity contribution in [1.29, 1.82) is 0 Å². The van der Waals surface area contributed by atoms with E-state index >= 15 is 0 Å². The summed E-state index contributed by atoms with van der Waals surface area (Å²) < 4.78 is 6.70. The molecule has 0 spiro atoms. The number of amides is 2. The SMILES string of the molecule is CCNC(=O)[C@@H](CC)N(Cc1ccccc1)C(=O)COc1ccc2ccccc2c1Br. The number of rotatable bonds is 9. The molecule has 0 unspecified atom stereocenters. The Morgan fingerprint density at radius 2 is 1.71 bits per heavy atom. The summed E-state index contributed by atoms with van der Waals surface area (Å²) in [6.07, 6.45) is 0.518. The maximum atomic E-state index is 13.2. The minimum Gasteiger partial charge on any atom is -0.483 e. The number of ether oxygens (including phenoxy) is 1. The molecule has 0 bridgehead atoms. The van der Waals surface area contributed by atoms with Crippen molar-refractivity contribution in [1.82, 2.24) is 10.2 Å². The topological polar surface area (TPSA) is 58.6 Å². The van der Waals surface area contributed by atoms with Gasteiger partial charge in [-0.05, 0) is 51.7 Å². The standard InChI is InChI=1S/C25H27BrN2O3/c1-3-21(25(30)27-4-2)28(16-18-10-6-5-7-11-18)23(29)17-31-22-15-14-19-12-8-9-13-20(19)24(22)26/h5-15,21H,3-4,16-17H2,1-2H3,(H,27,30)/t21-/m1/s1. The first-order chi connectivity index (χ1) is 15.0. The van der Waals surface area contributed by atoms with Gasteiger partial charge in [-0.2, -0.15) is 0 Å². The van der Waals surface area contributed by atoms with Crippen molar-refractivity contribution in [2.45, 2.75) is 32.9 Å². The molecule has 5 nitrogen and oxygen atoms in total. The van der Waals surface area contributed by atoms with Gasteiger partial charge in [-0.25, -0.2) is 0 Å². The first-order valence-electron chi connectivity index (χ1n) is 10.5. The molecule has 0 fully saturated rings. The highest BCUT2D eigenvalue weighted by Gasteiger charge is 2.28. The summed E-state index contributed by atoms with van der Waals surface area (Å²) in [5.41, 5.74) is 0.963. The molecule has 0 saturated carbocycles. The molecule has 3 rings (SSSR count). The van der Waals surface area contributed by atoms with Gasteiger partial charge in [-0.3, -0.25) is 9.59 Å². The fourth-order valence-electron chi connectivity index (χ4n) is 3.54. The smallest absolute Gasteiger partial charge is 0.261 e. The summed E-state index contributed by atoms with van der Waals surface area (Å²) in [5, 5.41) is 4.94. The first kappa shape index (κ1) is 22.8. The Morgan fingerprint density at radius 1 is 1.00 bits per heavy atom. The average molecular weight is 483 g/mol. The summed E-state index contributed by atoms with van der Waals surface area (Å²) in [4.78, 5) is 27.4. The van der Waals surface area contributed by atoms with E-state index in [0.717, 1.165) is 20.8 Å². The zero-order valence-electron chi connectivity index (χ0n) is 17.8. The lowest BCUT2D eigenvalue weighted by atomic mass is 10.1. The van der Waals surface area contributed by atoms with Crippen molar-refractivity contribution < 1.29 is 14.3 Å². The molecule has 2 amide bonds. The monoisotopic (exact) mass is 482 g/mol. The van der Waals surface area contributed by atoms with Gasteiger partial charge in [0.1, 0.15) is 11.8 Å². The van der Waals surface area contributed by atoms with Crippen molar-refractivity contribution in [3.05, 3.63) is 76.8 Å². The van der Waals surface area contributed by atoms with Gasteiger partial charge in [0.2, 0.25) is 5.91 Å². The van der Waals surface area contributed by atoms with Crippen LogP contribution in [0.5, 0.6) is 5.75 Å². The predicted octanol–water partition coefficient (Wildman–Crippen LogP) is 4.92. The second kappa shape index (κ2) is 11.0. The minimum atomic E-state index is -0.559. The molecule has 0 radical (unpaired) electrons. The Balaban J connectivity index is 1.80. The van der Waals surface area contributed by atoms with Crippen molar-refractivity contribution in [3.63, 3.8) is 0 Å². The number of nitrogens with zero attached hydrogens (tertiary/aromatic N) is 1. The normalized spacial score (nSPS) is 11.7. The van der Waals surface area contributed by atoms with Gasteiger partial charge in [0.15, 0.2) is 6.61 Å². The number of fused-ring (bicyclic) bond motifs is 1. The van der Waals surface area contributed by atoms with Crippen LogP contribution in [0.4, 0.5) is 0 Å². The Hall–Kier alpha value is -2.86. The van der Waals surface area contributed by atoms with Crippen LogP contribution in [-0.4, -0.2) is 35.9 Å². The van der Waals surface area contributed by atoms with E-state index in [0.29, 0.717) is 25.3 Å². The van der Waals surface area contributed by atoms with Crippen LogP contribution in [0, 0.1) is 0 Å². The van der Waals surface area contributed by atoms with E-state index in [1.807, 2.05) is 80.6 Å². The van der Waals surface area contributed by atoms with Crippen LogP contribution in [0.3, 0.4) is 0 Å². The number of hydrogen-bond acceptors (Lipinski definition) is 3. The maximum absolute atomic E-state index is 13.2. The van der Waals surface area contributed by atoms with Gasteiger partial charge in [-0.15, -0.1) is 0 Å². The van der Waals surface area contributed by atoms with Gasteiger partial charge < -0.3 is 15.0 Å². The summed E-state index contributed by atoms with van der Waals surface area (Å²) in [5.74, 6) is 0.209. The fraction of sp³-hybridized carbons (Fsp3) is 0.280. The van der Waals surface area contributed by atoms with Gasteiger partial charge in [0.05, 0.1) is 4.47 Å². The quantitative estimate of drug-likeness (QED) is 0.470. The third-order valence-electron chi connectivity index (χ3n) is 5.11. The van der Waals surface area contributed by atoms with Gasteiger partial charge in [0.25, 0.3) is 5.91 Å². The summed E-state index contributed by atoms with van der Waals surface area (Å²) in [6, 6.07) is 20.9. The summed E-state index contributed by atoms with van der Waals surface area (Å²) in [7, 11) is 0. The predicted molar refractivity (Wildman–Crippen MR) is 127 cm³/mol. The zero-order valence-corrected chi connectivity index (χ0v) is 19.4. The van der Waals surface area contributed by atoms with Crippen molar-refractivity contribution >= 4 is 38.5 Å². The van der Waals surface area contributed by atoms with E-state index in [1.165, 1.54) is 0 Å². The number of likely N-dealkylation sites (N-methyl/N-ethyl adjacent to an activating group) is 1.